The van der Waals surface area contributed by atoms with Crippen molar-refractivity contribution in [3.05, 3.63) is 65.9 Å². The van der Waals surface area contributed by atoms with Crippen molar-refractivity contribution < 1.29 is 18.3 Å². The Labute approximate surface area is 181 Å². The van der Waals surface area contributed by atoms with Crippen LogP contribution in [0.25, 0.3) is 17.0 Å². The first-order valence-corrected chi connectivity index (χ1v) is 13.6. The number of fused-ring (bicyclic) bond motifs is 1. The van der Waals surface area contributed by atoms with Gasteiger partial charge in [-0.15, -0.1) is 0 Å². The number of amidine groups is 1. The third kappa shape index (κ3) is 5.21. The van der Waals surface area contributed by atoms with Crippen LogP contribution in [-0.2, 0) is 11.5 Å². The van der Waals surface area contributed by atoms with E-state index in [1.165, 1.54) is 12.1 Å². The normalized spacial score (nSPS) is 11.6. The third-order valence-electron chi connectivity index (χ3n) is 4.90. The van der Waals surface area contributed by atoms with E-state index >= 15 is 4.39 Å². The number of benzene rings is 2. The molecule has 0 aliphatic heterocycles. The lowest BCUT2D eigenvalue weighted by atomic mass is 10.1. The Morgan fingerprint density at radius 2 is 1.97 bits per heavy atom. The summed E-state index contributed by atoms with van der Waals surface area (Å²) in [6.45, 7) is 11.3. The Morgan fingerprint density at radius 3 is 2.61 bits per heavy atom. The molecule has 0 amide bonds. The number of rotatable bonds is 9. The average molecular weight is 444 g/mol. The summed E-state index contributed by atoms with van der Waals surface area (Å²) < 4.78 is 42.7. The number of hydrogen-bond donors (Lipinski definition) is 2. The van der Waals surface area contributed by atoms with Crippen LogP contribution in [0.2, 0.25) is 25.7 Å². The largest absolute Gasteiger partial charge is 0.451 e. The zero-order valence-electron chi connectivity index (χ0n) is 18.0. The van der Waals surface area contributed by atoms with Gasteiger partial charge in [0.25, 0.3) is 0 Å². The van der Waals surface area contributed by atoms with E-state index in [0.717, 1.165) is 6.04 Å². The molecule has 31 heavy (non-hydrogen) atoms. The molecule has 1 aromatic heterocycles. The molecule has 3 rings (SSSR count). The molecule has 8 heteroatoms. The Hall–Kier alpha value is -2.97. The third-order valence-corrected chi connectivity index (χ3v) is 6.61. The van der Waals surface area contributed by atoms with Crippen LogP contribution in [0.1, 0.15) is 11.1 Å². The highest BCUT2D eigenvalue weighted by molar-refractivity contribution is 6.76. The van der Waals surface area contributed by atoms with Crippen LogP contribution in [0.15, 0.2) is 43.1 Å². The molecule has 0 radical (unpaired) electrons. The lowest BCUT2D eigenvalue weighted by molar-refractivity contribution is 0.0902. The van der Waals surface area contributed by atoms with E-state index in [1.807, 2.05) is 0 Å². The van der Waals surface area contributed by atoms with Gasteiger partial charge in [0.2, 0.25) is 0 Å². The minimum atomic E-state index is -1.21. The molecule has 0 unspecified atom stereocenters. The van der Waals surface area contributed by atoms with Crippen LogP contribution in [0, 0.1) is 17.0 Å². The van der Waals surface area contributed by atoms with Gasteiger partial charge in [-0.3, -0.25) is 5.41 Å². The zero-order chi connectivity index (χ0) is 22.8. The van der Waals surface area contributed by atoms with Crippen LogP contribution in [0.4, 0.5) is 8.78 Å². The maximum atomic E-state index is 15.1. The Balaban J connectivity index is 1.86. The van der Waals surface area contributed by atoms with E-state index in [0.29, 0.717) is 23.3 Å². The highest BCUT2D eigenvalue weighted by Gasteiger charge is 2.19. The molecule has 5 nitrogen and oxygen atoms in total. The molecule has 0 saturated heterocycles. The fourth-order valence-electron chi connectivity index (χ4n) is 3.12. The lowest BCUT2D eigenvalue weighted by Crippen LogP contribution is -2.21. The maximum Gasteiger partial charge on any atom is 0.199 e. The van der Waals surface area contributed by atoms with Gasteiger partial charge in [0.1, 0.15) is 18.3 Å². The molecule has 0 aliphatic rings. The fourth-order valence-corrected chi connectivity index (χ4v) is 3.88. The van der Waals surface area contributed by atoms with Crippen LogP contribution in [0.5, 0.6) is 11.5 Å². The van der Waals surface area contributed by atoms with Crippen molar-refractivity contribution in [2.45, 2.75) is 32.4 Å². The molecule has 0 bridgehead atoms. The molecule has 1 heterocycles. The van der Waals surface area contributed by atoms with E-state index in [4.69, 9.17) is 20.6 Å². The zero-order valence-corrected chi connectivity index (χ0v) is 19.0. The summed E-state index contributed by atoms with van der Waals surface area (Å²) in [5, 5.41) is 7.90. The molecule has 3 aromatic rings. The molecule has 164 valence electrons. The van der Waals surface area contributed by atoms with Crippen molar-refractivity contribution in [2.75, 3.05) is 6.61 Å². The van der Waals surface area contributed by atoms with E-state index < -0.39 is 25.5 Å². The van der Waals surface area contributed by atoms with Crippen molar-refractivity contribution in [1.29, 1.82) is 5.41 Å². The van der Waals surface area contributed by atoms with Gasteiger partial charge < -0.3 is 19.8 Å². The number of nitrogens with zero attached hydrogens (tertiary/aromatic N) is 1. The minimum Gasteiger partial charge on any atom is -0.451 e. The molecule has 2 aromatic carbocycles. The molecular formula is C23H27F2N3O2Si. The maximum absolute atomic E-state index is 15.1. The van der Waals surface area contributed by atoms with E-state index in [9.17, 15) is 4.39 Å². The number of hydrogen-bond acceptors (Lipinski definition) is 3. The van der Waals surface area contributed by atoms with Crippen LogP contribution < -0.4 is 10.5 Å². The molecule has 0 aliphatic carbocycles. The Bertz CT molecular complexity index is 1140. The number of halogens is 2. The van der Waals surface area contributed by atoms with Gasteiger partial charge in [0, 0.05) is 37.9 Å². The van der Waals surface area contributed by atoms with Gasteiger partial charge in [-0.25, -0.2) is 8.78 Å². The predicted molar refractivity (Wildman–Crippen MR) is 124 cm³/mol. The molecule has 0 saturated carbocycles. The summed E-state index contributed by atoms with van der Waals surface area (Å²) in [5.74, 6) is -2.16. The van der Waals surface area contributed by atoms with Crippen molar-refractivity contribution in [1.82, 2.24) is 4.57 Å². The van der Waals surface area contributed by atoms with Gasteiger partial charge >= 0.3 is 0 Å². The van der Waals surface area contributed by atoms with Crippen molar-refractivity contribution in [3.63, 3.8) is 0 Å². The number of nitrogens with one attached hydrogen (secondary N) is 1. The highest BCUT2D eigenvalue weighted by Crippen LogP contribution is 2.34. The van der Waals surface area contributed by atoms with Gasteiger partial charge in [-0.1, -0.05) is 38.4 Å². The summed E-state index contributed by atoms with van der Waals surface area (Å²) in [6.07, 6.45) is 3.21. The SMILES string of the molecule is C=Cc1ccc(Oc2c(F)cc3c(ccn3COCC[Si](C)(C)C)c2F)cc1C(=N)N. The highest BCUT2D eigenvalue weighted by atomic mass is 28.3. The molecular weight excluding hydrogens is 416 g/mol. The summed E-state index contributed by atoms with van der Waals surface area (Å²) in [6, 6.07) is 8.45. The van der Waals surface area contributed by atoms with Crippen LogP contribution >= 0.6 is 0 Å². The summed E-state index contributed by atoms with van der Waals surface area (Å²) in [4.78, 5) is 0. The molecule has 0 spiro atoms. The Morgan fingerprint density at radius 1 is 1.23 bits per heavy atom. The van der Waals surface area contributed by atoms with Crippen LogP contribution in [0.3, 0.4) is 0 Å². The molecule has 3 N–H and O–H groups in total. The first-order valence-electron chi connectivity index (χ1n) is 9.94. The number of aromatic nitrogens is 1. The summed E-state index contributed by atoms with van der Waals surface area (Å²) in [7, 11) is -1.21. The summed E-state index contributed by atoms with van der Waals surface area (Å²) in [5.41, 5.74) is 6.97. The van der Waals surface area contributed by atoms with Crippen LogP contribution in [-0.4, -0.2) is 25.1 Å². The lowest BCUT2D eigenvalue weighted by Gasteiger charge is -2.16. The van der Waals surface area contributed by atoms with Gasteiger partial charge in [-0.05, 0) is 29.8 Å². The molecule has 0 fully saturated rings. The monoisotopic (exact) mass is 443 g/mol. The number of nitrogens with two attached hydrogens (primary N) is 1. The first kappa shape index (κ1) is 22.7. The topological polar surface area (TPSA) is 73.3 Å². The second-order valence-electron chi connectivity index (χ2n) is 8.54. The summed E-state index contributed by atoms with van der Waals surface area (Å²) >= 11 is 0. The van der Waals surface area contributed by atoms with E-state index in [2.05, 4.69) is 26.2 Å². The smallest absolute Gasteiger partial charge is 0.199 e. The average Bonchev–Trinajstić information content (AvgIpc) is 3.10. The second-order valence-corrected chi connectivity index (χ2v) is 14.2. The quantitative estimate of drug-likeness (QED) is 0.186. The van der Waals surface area contributed by atoms with Gasteiger partial charge in [0.05, 0.1) is 5.52 Å². The van der Waals surface area contributed by atoms with Gasteiger partial charge in [-0.2, -0.15) is 0 Å². The van der Waals surface area contributed by atoms with E-state index in [1.54, 1.807) is 35.0 Å². The van der Waals surface area contributed by atoms with Crippen molar-refractivity contribution in [3.8, 4) is 11.5 Å². The standard InChI is InChI=1S/C23H27F2N3O2Si/c1-5-15-6-7-16(12-18(15)23(26)27)30-22-19(24)13-20-17(21(22)25)8-9-28(20)14-29-10-11-31(2,3)4/h5-9,12-13H,1,10-11,14H2,2-4H3,(H3,26,27). The van der Waals surface area contributed by atoms with E-state index in [-0.39, 0.29) is 23.7 Å². The van der Waals surface area contributed by atoms with Crippen molar-refractivity contribution in [2.24, 2.45) is 5.73 Å². The second kappa shape index (κ2) is 9.03. The first-order chi connectivity index (χ1) is 14.6. The van der Waals surface area contributed by atoms with Crippen molar-refractivity contribution >= 4 is 30.9 Å². The minimum absolute atomic E-state index is 0.169. The van der Waals surface area contributed by atoms with Gasteiger partial charge in [0.15, 0.2) is 17.4 Å². The Kier molecular flexibility index (Phi) is 6.61. The number of nitrogen functional groups attached to an aromatic ring is 1. The number of ether oxygens (including phenoxy) is 2. The fraction of sp³-hybridized carbons (Fsp3) is 0.261. The molecule has 0 atom stereocenters. The predicted octanol–water partition coefficient (Wildman–Crippen LogP) is 5.95.